The minimum Gasteiger partial charge on any atom is -0.457 e. The van der Waals surface area contributed by atoms with E-state index in [0.717, 1.165) is 0 Å². The molecule has 0 aromatic rings. The number of hydrogen-bond acceptors (Lipinski definition) is 9. The van der Waals surface area contributed by atoms with Crippen molar-refractivity contribution in [2.75, 3.05) is 0 Å². The van der Waals surface area contributed by atoms with Gasteiger partial charge < -0.3 is 29.9 Å². The Morgan fingerprint density at radius 1 is 1.38 bits per heavy atom. The van der Waals surface area contributed by atoms with Gasteiger partial charge in [-0.15, -0.1) is 0 Å². The molecule has 2 aliphatic rings. The lowest BCUT2D eigenvalue weighted by Gasteiger charge is -2.31. The van der Waals surface area contributed by atoms with E-state index in [9.17, 15) is 30.5 Å². The molecule has 0 spiro atoms. The molecule has 1 fully saturated rings. The molecule has 9 nitrogen and oxygen atoms in total. The lowest BCUT2D eigenvalue weighted by molar-refractivity contribution is -0.299. The highest BCUT2D eigenvalue weighted by Crippen LogP contribution is 2.37. The van der Waals surface area contributed by atoms with Gasteiger partial charge in [0.25, 0.3) is 0 Å². The molecule has 0 amide bonds. The standard InChI is InChI=1S/C28H46O9/c1-7-21(30)19(4)26-22(35-26)16-27(5,32)13-8-9-17(2)25-18(3)10-11-23(37-34)28(6,33)14-12-20(29)15-24(31)36-25/h8-11,13,18-23,25-26,29-30,32-34H,7,12,14-16H2,1-6H3/b11-10+,13-8+,17-9+. The highest BCUT2D eigenvalue weighted by molar-refractivity contribution is 5.70. The van der Waals surface area contributed by atoms with E-state index in [4.69, 9.17) is 9.47 Å². The molecule has 0 radical (unpaired) electrons. The molecule has 0 bridgehead atoms. The highest BCUT2D eigenvalue weighted by Gasteiger charge is 2.47. The minimum atomic E-state index is -1.44. The topological polar surface area (TPSA) is 149 Å². The zero-order valence-electron chi connectivity index (χ0n) is 22.9. The van der Waals surface area contributed by atoms with Crippen molar-refractivity contribution in [2.45, 2.75) is 121 Å². The summed E-state index contributed by atoms with van der Waals surface area (Å²) in [4.78, 5) is 17.0. The number of allylic oxidation sites excluding steroid dienone is 2. The summed E-state index contributed by atoms with van der Waals surface area (Å²) in [6.07, 6.45) is 6.07. The van der Waals surface area contributed by atoms with E-state index >= 15 is 0 Å². The molecule has 0 saturated carbocycles. The largest absolute Gasteiger partial charge is 0.457 e. The summed E-state index contributed by atoms with van der Waals surface area (Å²) in [5.74, 6) is -0.900. The number of carbonyl (C=O) groups excluding carboxylic acids is 1. The van der Waals surface area contributed by atoms with Crippen molar-refractivity contribution in [1.82, 2.24) is 0 Å². The first kappa shape index (κ1) is 31.6. The Morgan fingerprint density at radius 2 is 2.05 bits per heavy atom. The molecule has 2 aliphatic heterocycles. The molecule has 1 saturated heterocycles. The Morgan fingerprint density at radius 3 is 2.68 bits per heavy atom. The summed E-state index contributed by atoms with van der Waals surface area (Å²) >= 11 is 0. The van der Waals surface area contributed by atoms with Crippen LogP contribution in [0.2, 0.25) is 0 Å². The summed E-state index contributed by atoms with van der Waals surface area (Å²) in [5, 5.41) is 51.1. The van der Waals surface area contributed by atoms with Crippen LogP contribution in [0.5, 0.6) is 0 Å². The molecular weight excluding hydrogens is 480 g/mol. The van der Waals surface area contributed by atoms with Crippen LogP contribution in [-0.2, 0) is 19.2 Å². The zero-order chi connectivity index (χ0) is 28.0. The average molecular weight is 527 g/mol. The smallest absolute Gasteiger partial charge is 0.309 e. The van der Waals surface area contributed by atoms with Gasteiger partial charge in [0.05, 0.1) is 42.0 Å². The Labute approximate surface area is 220 Å². The van der Waals surface area contributed by atoms with Gasteiger partial charge in [-0.25, -0.2) is 4.89 Å². The van der Waals surface area contributed by atoms with Crippen molar-refractivity contribution in [3.8, 4) is 0 Å². The fourth-order valence-corrected chi connectivity index (χ4v) is 4.78. The lowest BCUT2D eigenvalue weighted by atomic mass is 9.89. The van der Waals surface area contributed by atoms with Crippen molar-refractivity contribution < 1.29 is 44.8 Å². The van der Waals surface area contributed by atoms with Gasteiger partial charge in [-0.05, 0) is 45.6 Å². The van der Waals surface area contributed by atoms with Crippen LogP contribution in [0.4, 0.5) is 0 Å². The van der Waals surface area contributed by atoms with E-state index in [2.05, 4.69) is 4.89 Å². The number of rotatable bonds is 9. The molecule has 0 aromatic heterocycles. The monoisotopic (exact) mass is 526 g/mol. The van der Waals surface area contributed by atoms with Gasteiger partial charge in [0.15, 0.2) is 0 Å². The fraction of sp³-hybridized carbons (Fsp3) is 0.750. The molecule has 0 aliphatic carbocycles. The van der Waals surface area contributed by atoms with Crippen LogP contribution in [0.1, 0.15) is 73.6 Å². The maximum absolute atomic E-state index is 12.5. The van der Waals surface area contributed by atoms with Crippen molar-refractivity contribution >= 4 is 5.97 Å². The third-order valence-electron chi connectivity index (χ3n) is 7.48. The van der Waals surface area contributed by atoms with Crippen LogP contribution < -0.4 is 0 Å². The van der Waals surface area contributed by atoms with E-state index < -0.39 is 41.6 Å². The van der Waals surface area contributed by atoms with Crippen molar-refractivity contribution in [3.63, 3.8) is 0 Å². The van der Waals surface area contributed by atoms with Gasteiger partial charge in [-0.1, -0.05) is 51.2 Å². The molecule has 37 heavy (non-hydrogen) atoms. The summed E-state index contributed by atoms with van der Waals surface area (Å²) in [5.41, 5.74) is -1.87. The number of carbonyl (C=O) groups is 1. The Hall–Kier alpha value is -1.59. The summed E-state index contributed by atoms with van der Waals surface area (Å²) in [7, 11) is 0. The van der Waals surface area contributed by atoms with E-state index in [1.807, 2.05) is 20.8 Å². The fourth-order valence-electron chi connectivity index (χ4n) is 4.78. The maximum Gasteiger partial charge on any atom is 0.309 e. The SMILES string of the molecule is CCC(O)C(C)C1OC1CC(C)(O)/C=C/C=C(\C)C1OC(=O)CC(O)CCC(C)(O)C(OO)/C=C/C1C. The van der Waals surface area contributed by atoms with Gasteiger partial charge in [-0.3, -0.25) is 10.1 Å². The Kier molecular flexibility index (Phi) is 11.5. The van der Waals surface area contributed by atoms with Crippen molar-refractivity contribution in [1.29, 1.82) is 0 Å². The van der Waals surface area contributed by atoms with Crippen LogP contribution in [0.15, 0.2) is 36.0 Å². The van der Waals surface area contributed by atoms with Crippen LogP contribution in [0.25, 0.3) is 0 Å². The quantitative estimate of drug-likeness (QED) is 0.0763. The Balaban J connectivity index is 2.13. The first-order valence-corrected chi connectivity index (χ1v) is 13.2. The van der Waals surface area contributed by atoms with E-state index in [1.165, 1.54) is 13.0 Å². The van der Waals surface area contributed by atoms with Crippen molar-refractivity contribution in [3.05, 3.63) is 36.0 Å². The predicted octanol–water partition coefficient (Wildman–Crippen LogP) is 3.06. The number of aliphatic hydroxyl groups excluding tert-OH is 2. The molecule has 2 heterocycles. The average Bonchev–Trinajstić information content (AvgIpc) is 3.57. The molecule has 9 heteroatoms. The second kappa shape index (κ2) is 13.5. The molecule has 10 unspecified atom stereocenters. The van der Waals surface area contributed by atoms with Crippen molar-refractivity contribution in [2.24, 2.45) is 11.8 Å². The van der Waals surface area contributed by atoms with Gasteiger partial charge >= 0.3 is 5.97 Å². The second-order valence-electron chi connectivity index (χ2n) is 11.2. The summed E-state index contributed by atoms with van der Waals surface area (Å²) < 4.78 is 11.4. The second-order valence-corrected chi connectivity index (χ2v) is 11.2. The molecule has 2 rings (SSSR count). The van der Waals surface area contributed by atoms with Gasteiger partial charge in [0.1, 0.15) is 12.2 Å². The van der Waals surface area contributed by atoms with Crippen LogP contribution in [0.3, 0.4) is 0 Å². The lowest BCUT2D eigenvalue weighted by Crippen LogP contribution is -2.41. The number of aliphatic hydroxyl groups is 4. The van der Waals surface area contributed by atoms with Crippen LogP contribution in [0, 0.1) is 11.8 Å². The Bertz CT molecular complexity index is 832. The molecule has 10 atom stereocenters. The van der Waals surface area contributed by atoms with E-state index in [1.54, 1.807) is 38.2 Å². The minimum absolute atomic E-state index is 0.000272. The first-order chi connectivity index (χ1) is 17.2. The van der Waals surface area contributed by atoms with Crippen LogP contribution >= 0.6 is 0 Å². The highest BCUT2D eigenvalue weighted by atomic mass is 17.1. The van der Waals surface area contributed by atoms with E-state index in [0.29, 0.717) is 18.4 Å². The third-order valence-corrected chi connectivity index (χ3v) is 7.48. The van der Waals surface area contributed by atoms with Crippen LogP contribution in [-0.4, -0.2) is 79.5 Å². The number of epoxide rings is 1. The summed E-state index contributed by atoms with van der Waals surface area (Å²) in [6.45, 7) is 10.7. The van der Waals surface area contributed by atoms with Gasteiger partial charge in [0.2, 0.25) is 0 Å². The maximum atomic E-state index is 12.5. The zero-order valence-corrected chi connectivity index (χ0v) is 22.9. The predicted molar refractivity (Wildman–Crippen MR) is 138 cm³/mol. The van der Waals surface area contributed by atoms with E-state index in [-0.39, 0.29) is 43.3 Å². The summed E-state index contributed by atoms with van der Waals surface area (Å²) in [6, 6.07) is 0. The number of hydrogen-bond donors (Lipinski definition) is 5. The molecule has 5 N–H and O–H groups in total. The molecule has 0 aromatic carbocycles. The number of cyclic esters (lactones) is 1. The van der Waals surface area contributed by atoms with Gasteiger partial charge in [-0.2, -0.15) is 0 Å². The molecular formula is C28H46O9. The molecule has 212 valence electrons. The van der Waals surface area contributed by atoms with Gasteiger partial charge in [0, 0.05) is 18.3 Å². The number of esters is 1. The number of ether oxygens (including phenoxy) is 2. The normalized spacial score (nSPS) is 38.1. The third kappa shape index (κ3) is 9.58. The first-order valence-electron chi connectivity index (χ1n) is 13.2.